The molecular formula is C56H52O8. The monoisotopic (exact) mass is 852 g/mol. The molecule has 0 aliphatic heterocycles. The zero-order valence-electron chi connectivity index (χ0n) is 37.6. The second kappa shape index (κ2) is 19.2. The molecule has 0 aliphatic rings. The summed E-state index contributed by atoms with van der Waals surface area (Å²) in [5.41, 5.74) is 13.0. The first kappa shape index (κ1) is 45.9. The van der Waals surface area contributed by atoms with Crippen LogP contribution < -0.4 is 18.9 Å². The van der Waals surface area contributed by atoms with Gasteiger partial charge in [0.25, 0.3) is 0 Å². The molecule has 0 bridgehead atoms. The van der Waals surface area contributed by atoms with Crippen LogP contribution in [0.5, 0.6) is 23.0 Å². The van der Waals surface area contributed by atoms with Crippen LogP contribution in [-0.2, 0) is 19.2 Å². The van der Waals surface area contributed by atoms with E-state index in [0.717, 1.165) is 113 Å². The summed E-state index contributed by atoms with van der Waals surface area (Å²) in [5, 5.41) is 2.03. The van der Waals surface area contributed by atoms with Crippen LogP contribution >= 0.6 is 0 Å². The number of hydrogen-bond donors (Lipinski definition) is 0. The van der Waals surface area contributed by atoms with Gasteiger partial charge in [0, 0.05) is 36.1 Å². The Labute approximate surface area is 375 Å². The van der Waals surface area contributed by atoms with Gasteiger partial charge in [-0.3, -0.25) is 0 Å². The minimum absolute atomic E-state index is 0.263. The molecule has 0 saturated heterocycles. The molecule has 6 rings (SSSR count). The van der Waals surface area contributed by atoms with Gasteiger partial charge in [0.15, 0.2) is 0 Å². The third-order valence-electron chi connectivity index (χ3n) is 11.6. The van der Waals surface area contributed by atoms with E-state index in [1.807, 2.05) is 79.7 Å². The van der Waals surface area contributed by atoms with E-state index in [4.69, 9.17) is 18.9 Å². The SMILES string of the molecule is C=CC(=O)Oc1cc(C)c(C(c2ccc3cc(C(c4cc(C)c(OC(=O)C=C)cc4C)c4cc(C)c(OC(=O)C=C)cc4C)ccc3c2)c2cc(C)c(OC(=O)C=C)cc2C)cc1C. The number of carbonyl (C=O) groups is 4. The van der Waals surface area contributed by atoms with Crippen molar-refractivity contribution < 1.29 is 38.1 Å². The highest BCUT2D eigenvalue weighted by molar-refractivity contribution is 5.87. The molecule has 0 unspecified atom stereocenters. The highest BCUT2D eigenvalue weighted by atomic mass is 16.5. The van der Waals surface area contributed by atoms with Gasteiger partial charge in [-0.25, -0.2) is 19.2 Å². The molecule has 0 amide bonds. The fourth-order valence-electron chi connectivity index (χ4n) is 8.23. The molecule has 0 aliphatic carbocycles. The summed E-state index contributed by atoms with van der Waals surface area (Å²) in [6.07, 6.45) is 4.57. The largest absolute Gasteiger partial charge is 0.423 e. The van der Waals surface area contributed by atoms with Crippen molar-refractivity contribution in [2.45, 2.75) is 67.2 Å². The van der Waals surface area contributed by atoms with Gasteiger partial charge in [0.1, 0.15) is 23.0 Å². The number of benzene rings is 6. The molecule has 0 spiro atoms. The highest BCUT2D eigenvalue weighted by Crippen LogP contribution is 2.43. The van der Waals surface area contributed by atoms with Gasteiger partial charge in [-0.1, -0.05) is 87.0 Å². The molecule has 324 valence electrons. The van der Waals surface area contributed by atoms with Crippen LogP contribution in [0.15, 0.2) is 136 Å². The molecule has 0 aromatic heterocycles. The van der Waals surface area contributed by atoms with Crippen LogP contribution in [0.1, 0.15) is 89.7 Å². The molecule has 8 nitrogen and oxygen atoms in total. The lowest BCUT2D eigenvalue weighted by Crippen LogP contribution is -2.12. The predicted molar refractivity (Wildman–Crippen MR) is 253 cm³/mol. The number of carbonyl (C=O) groups excluding carboxylic acids is 4. The minimum Gasteiger partial charge on any atom is -0.423 e. The van der Waals surface area contributed by atoms with Gasteiger partial charge in [0.05, 0.1) is 0 Å². The van der Waals surface area contributed by atoms with E-state index in [0.29, 0.717) is 23.0 Å². The summed E-state index contributed by atoms with van der Waals surface area (Å²) in [6.45, 7) is 29.9. The minimum atomic E-state index is -0.535. The summed E-state index contributed by atoms with van der Waals surface area (Å²) in [6, 6.07) is 28.7. The Hall–Kier alpha value is -7.58. The van der Waals surface area contributed by atoms with Gasteiger partial charge in [-0.2, -0.15) is 0 Å². The Morgan fingerprint density at radius 3 is 0.812 bits per heavy atom. The van der Waals surface area contributed by atoms with E-state index >= 15 is 0 Å². The van der Waals surface area contributed by atoms with Crippen molar-refractivity contribution in [3.63, 3.8) is 0 Å². The first-order chi connectivity index (χ1) is 30.5. The molecule has 6 aromatic carbocycles. The van der Waals surface area contributed by atoms with E-state index in [2.05, 4.69) is 87.0 Å². The van der Waals surface area contributed by atoms with Crippen molar-refractivity contribution in [2.24, 2.45) is 0 Å². The Balaban J connectivity index is 1.54. The number of esters is 4. The average molecular weight is 853 g/mol. The van der Waals surface area contributed by atoms with Crippen molar-refractivity contribution in [3.05, 3.63) is 213 Å². The number of fused-ring (bicyclic) bond motifs is 1. The molecule has 0 atom stereocenters. The second-order valence-electron chi connectivity index (χ2n) is 16.1. The van der Waals surface area contributed by atoms with Crippen molar-refractivity contribution in [2.75, 3.05) is 0 Å². The molecule has 0 radical (unpaired) electrons. The zero-order chi connectivity index (χ0) is 46.6. The van der Waals surface area contributed by atoms with Gasteiger partial charge in [-0.05, 0) is 168 Å². The lowest BCUT2D eigenvalue weighted by atomic mass is 9.78. The van der Waals surface area contributed by atoms with Crippen LogP contribution in [0.4, 0.5) is 0 Å². The van der Waals surface area contributed by atoms with Gasteiger partial charge in [0.2, 0.25) is 0 Å². The van der Waals surface area contributed by atoms with Crippen molar-refractivity contribution in [1.29, 1.82) is 0 Å². The summed E-state index contributed by atoms with van der Waals surface area (Å²) in [7, 11) is 0. The van der Waals surface area contributed by atoms with E-state index in [9.17, 15) is 19.2 Å². The van der Waals surface area contributed by atoms with Gasteiger partial charge in [-0.15, -0.1) is 0 Å². The zero-order valence-corrected chi connectivity index (χ0v) is 37.6. The van der Waals surface area contributed by atoms with Crippen LogP contribution in [0.25, 0.3) is 10.8 Å². The lowest BCUT2D eigenvalue weighted by Gasteiger charge is -2.26. The number of hydrogen-bond acceptors (Lipinski definition) is 8. The summed E-state index contributed by atoms with van der Waals surface area (Å²) < 4.78 is 22.4. The number of ether oxygens (including phenoxy) is 4. The van der Waals surface area contributed by atoms with E-state index < -0.39 is 23.9 Å². The van der Waals surface area contributed by atoms with Crippen molar-refractivity contribution >= 4 is 34.6 Å². The van der Waals surface area contributed by atoms with Crippen LogP contribution in [-0.4, -0.2) is 23.9 Å². The average Bonchev–Trinajstić information content (AvgIpc) is 3.26. The topological polar surface area (TPSA) is 105 Å². The Morgan fingerprint density at radius 1 is 0.359 bits per heavy atom. The Bertz CT molecular complexity index is 2580. The van der Waals surface area contributed by atoms with E-state index in [1.54, 1.807) is 0 Å². The van der Waals surface area contributed by atoms with E-state index in [-0.39, 0.29) is 11.8 Å². The number of rotatable bonds is 14. The standard InChI is InChI=1S/C56H52O8/c1-13-51(57)61-47-25-31(5)43(21-35(47)9)55(44-22-36(10)48(26-32(44)6)62-52(58)14-2)41-19-17-40-30-42(20-18-39(40)29-41)56(45-23-37(11)49(27-33(45)7)63-53(59)15-3)46-24-38(12)50(28-34(46)8)64-54(60)16-4/h13-30,55-56H,1-4H2,5-12H3. The van der Waals surface area contributed by atoms with Crippen LogP contribution in [0.3, 0.4) is 0 Å². The molecule has 6 aromatic rings. The first-order valence-electron chi connectivity index (χ1n) is 20.8. The van der Waals surface area contributed by atoms with Crippen molar-refractivity contribution in [3.8, 4) is 23.0 Å². The van der Waals surface area contributed by atoms with Crippen LogP contribution in [0.2, 0.25) is 0 Å². The Morgan fingerprint density at radius 2 is 0.594 bits per heavy atom. The van der Waals surface area contributed by atoms with Gasteiger partial charge < -0.3 is 18.9 Å². The summed E-state index contributed by atoms with van der Waals surface area (Å²) in [5.74, 6) is -0.831. The molecule has 64 heavy (non-hydrogen) atoms. The molecule has 0 N–H and O–H groups in total. The molecule has 0 heterocycles. The maximum atomic E-state index is 12.2. The first-order valence-corrected chi connectivity index (χ1v) is 20.8. The summed E-state index contributed by atoms with van der Waals surface area (Å²) >= 11 is 0. The maximum absolute atomic E-state index is 12.2. The highest BCUT2D eigenvalue weighted by Gasteiger charge is 2.27. The second-order valence-corrected chi connectivity index (χ2v) is 16.1. The lowest BCUT2D eigenvalue weighted by molar-refractivity contribution is -0.129. The Kier molecular flexibility index (Phi) is 13.8. The quantitative estimate of drug-likeness (QED) is 0.0462. The smallest absolute Gasteiger partial charge is 0.335 e. The fourth-order valence-corrected chi connectivity index (χ4v) is 8.23. The molecule has 0 saturated carbocycles. The van der Waals surface area contributed by atoms with E-state index in [1.165, 1.54) is 0 Å². The van der Waals surface area contributed by atoms with Crippen molar-refractivity contribution in [1.82, 2.24) is 0 Å². The third kappa shape index (κ3) is 9.72. The molecular weight excluding hydrogens is 801 g/mol. The van der Waals surface area contributed by atoms with Crippen LogP contribution in [0, 0.1) is 55.4 Å². The third-order valence-corrected chi connectivity index (χ3v) is 11.6. The molecule has 0 fully saturated rings. The maximum Gasteiger partial charge on any atom is 0.335 e. The normalized spacial score (nSPS) is 11.0. The summed E-state index contributed by atoms with van der Waals surface area (Å²) in [4.78, 5) is 48.9. The van der Waals surface area contributed by atoms with Gasteiger partial charge >= 0.3 is 23.9 Å². The predicted octanol–water partition coefficient (Wildman–Crippen LogP) is 12.0. The number of aryl methyl sites for hydroxylation is 8. The molecule has 8 heteroatoms. The fraction of sp³-hybridized carbons (Fsp3) is 0.179.